The van der Waals surface area contributed by atoms with E-state index in [1.165, 1.54) is 30.3 Å². The summed E-state index contributed by atoms with van der Waals surface area (Å²) >= 11 is 7.02. The number of anilines is 1. The SMILES string of the molecule is C[C@@](O)(C(=O)Nc1ccc(Sc2ccccc2F)cc1Cl)C(F)(F)F. The van der Waals surface area contributed by atoms with Crippen LogP contribution in [0, 0.1) is 5.82 Å². The number of halogens is 5. The predicted octanol–water partition coefficient (Wildman–Crippen LogP) is 4.88. The molecule has 9 heteroatoms. The molecule has 0 aliphatic rings. The van der Waals surface area contributed by atoms with Gasteiger partial charge in [-0.1, -0.05) is 35.5 Å². The van der Waals surface area contributed by atoms with Crippen molar-refractivity contribution in [2.75, 3.05) is 5.32 Å². The molecule has 0 saturated heterocycles. The second-order valence-corrected chi connectivity index (χ2v) is 6.72. The van der Waals surface area contributed by atoms with Gasteiger partial charge in [-0.3, -0.25) is 4.79 Å². The molecule has 1 atom stereocenters. The van der Waals surface area contributed by atoms with E-state index in [0.29, 0.717) is 16.7 Å². The number of alkyl halides is 3. The average molecular weight is 394 g/mol. The first kappa shape index (κ1) is 19.6. The van der Waals surface area contributed by atoms with Gasteiger partial charge >= 0.3 is 6.18 Å². The lowest BCUT2D eigenvalue weighted by atomic mass is 10.1. The number of carbonyl (C=O) groups is 1. The topological polar surface area (TPSA) is 49.3 Å². The molecule has 0 fully saturated rings. The van der Waals surface area contributed by atoms with E-state index < -0.39 is 23.5 Å². The molecule has 0 aliphatic heterocycles. The lowest BCUT2D eigenvalue weighted by Gasteiger charge is -2.25. The van der Waals surface area contributed by atoms with E-state index in [4.69, 9.17) is 11.6 Å². The molecule has 25 heavy (non-hydrogen) atoms. The van der Waals surface area contributed by atoms with Crippen LogP contribution in [0.25, 0.3) is 0 Å². The molecular weight excluding hydrogens is 382 g/mol. The highest BCUT2D eigenvalue weighted by Gasteiger charge is 2.55. The van der Waals surface area contributed by atoms with Gasteiger partial charge in [-0.2, -0.15) is 13.2 Å². The monoisotopic (exact) mass is 393 g/mol. The molecule has 134 valence electrons. The zero-order valence-corrected chi connectivity index (χ0v) is 14.3. The van der Waals surface area contributed by atoms with Crippen molar-refractivity contribution in [1.82, 2.24) is 0 Å². The minimum absolute atomic E-state index is 0.0485. The smallest absolute Gasteiger partial charge is 0.373 e. The zero-order valence-electron chi connectivity index (χ0n) is 12.7. The van der Waals surface area contributed by atoms with Crippen molar-refractivity contribution in [3.8, 4) is 0 Å². The van der Waals surface area contributed by atoms with Gasteiger partial charge in [0.2, 0.25) is 5.60 Å². The summed E-state index contributed by atoms with van der Waals surface area (Å²) in [5, 5.41) is 11.2. The molecular formula is C16H12ClF4NO2S. The number of aliphatic hydroxyl groups is 1. The van der Waals surface area contributed by atoms with E-state index in [2.05, 4.69) is 0 Å². The number of rotatable bonds is 4. The van der Waals surface area contributed by atoms with Crippen molar-refractivity contribution in [3.05, 3.63) is 53.3 Å². The Kier molecular flexibility index (Phi) is 5.65. The molecule has 2 rings (SSSR count). The fraction of sp³-hybridized carbons (Fsp3) is 0.188. The summed E-state index contributed by atoms with van der Waals surface area (Å²) < 4.78 is 51.6. The number of benzene rings is 2. The maximum Gasteiger partial charge on any atom is 0.426 e. The van der Waals surface area contributed by atoms with Crippen LogP contribution in [0.15, 0.2) is 52.3 Å². The maximum atomic E-state index is 13.6. The molecule has 3 nitrogen and oxygen atoms in total. The zero-order chi connectivity index (χ0) is 18.8. The molecule has 2 N–H and O–H groups in total. The highest BCUT2D eigenvalue weighted by molar-refractivity contribution is 7.99. The Morgan fingerprint density at radius 2 is 1.84 bits per heavy atom. The van der Waals surface area contributed by atoms with Gasteiger partial charge in [-0.15, -0.1) is 0 Å². The first-order valence-corrected chi connectivity index (χ1v) is 8.04. The van der Waals surface area contributed by atoms with E-state index in [-0.39, 0.29) is 10.7 Å². The molecule has 0 bridgehead atoms. The van der Waals surface area contributed by atoms with Crippen LogP contribution >= 0.6 is 23.4 Å². The van der Waals surface area contributed by atoms with Crippen LogP contribution in [0.4, 0.5) is 23.2 Å². The summed E-state index contributed by atoms with van der Waals surface area (Å²) in [5.74, 6) is -2.08. The average Bonchev–Trinajstić information content (AvgIpc) is 2.51. The van der Waals surface area contributed by atoms with E-state index in [1.54, 1.807) is 12.1 Å². The molecule has 0 aliphatic carbocycles. The fourth-order valence-electron chi connectivity index (χ4n) is 1.69. The summed E-state index contributed by atoms with van der Waals surface area (Å²) in [6.45, 7) is 0.346. The van der Waals surface area contributed by atoms with Gasteiger partial charge in [0, 0.05) is 9.79 Å². The molecule has 2 aromatic carbocycles. The van der Waals surface area contributed by atoms with E-state index >= 15 is 0 Å². The van der Waals surface area contributed by atoms with Gasteiger partial charge in [0.05, 0.1) is 10.7 Å². The van der Waals surface area contributed by atoms with Crippen LogP contribution in [0.2, 0.25) is 5.02 Å². The van der Waals surface area contributed by atoms with Gasteiger partial charge in [0.15, 0.2) is 0 Å². The van der Waals surface area contributed by atoms with Crippen LogP contribution in [0.5, 0.6) is 0 Å². The van der Waals surface area contributed by atoms with Gasteiger partial charge in [0.25, 0.3) is 5.91 Å². The fourth-order valence-corrected chi connectivity index (χ4v) is 2.86. The summed E-state index contributed by atoms with van der Waals surface area (Å²) in [6.07, 6.45) is -5.13. The summed E-state index contributed by atoms with van der Waals surface area (Å²) in [7, 11) is 0. The lowest BCUT2D eigenvalue weighted by Crippen LogP contribution is -2.52. The highest BCUT2D eigenvalue weighted by Crippen LogP contribution is 2.35. The third kappa shape index (κ3) is 4.45. The molecule has 0 radical (unpaired) electrons. The molecule has 0 aromatic heterocycles. The van der Waals surface area contributed by atoms with E-state index in [0.717, 1.165) is 11.8 Å². The molecule has 0 heterocycles. The van der Waals surface area contributed by atoms with Gasteiger partial charge in [0.1, 0.15) is 5.82 Å². The minimum atomic E-state index is -5.13. The Labute approximate surface area is 150 Å². The van der Waals surface area contributed by atoms with Gasteiger partial charge in [-0.05, 0) is 37.3 Å². The first-order chi connectivity index (χ1) is 11.5. The largest absolute Gasteiger partial charge is 0.426 e. The molecule has 0 saturated carbocycles. The molecule has 1 amide bonds. The predicted molar refractivity (Wildman–Crippen MR) is 87.3 cm³/mol. The Morgan fingerprint density at radius 1 is 1.20 bits per heavy atom. The first-order valence-electron chi connectivity index (χ1n) is 6.85. The number of hydrogen-bond donors (Lipinski definition) is 2. The van der Waals surface area contributed by atoms with Gasteiger partial charge in [-0.25, -0.2) is 4.39 Å². The lowest BCUT2D eigenvalue weighted by molar-refractivity contribution is -0.242. The Morgan fingerprint density at radius 3 is 2.40 bits per heavy atom. The van der Waals surface area contributed by atoms with Crippen LogP contribution in [0.1, 0.15) is 6.92 Å². The second-order valence-electron chi connectivity index (χ2n) is 5.20. The number of nitrogens with one attached hydrogen (secondary N) is 1. The Balaban J connectivity index is 2.17. The Hall–Kier alpha value is -1.77. The van der Waals surface area contributed by atoms with Crippen molar-refractivity contribution in [2.24, 2.45) is 0 Å². The van der Waals surface area contributed by atoms with Crippen molar-refractivity contribution >= 4 is 35.0 Å². The summed E-state index contributed by atoms with van der Waals surface area (Å²) in [4.78, 5) is 12.5. The normalized spacial score (nSPS) is 14.0. The van der Waals surface area contributed by atoms with Crippen molar-refractivity contribution in [1.29, 1.82) is 0 Å². The van der Waals surface area contributed by atoms with E-state index in [9.17, 15) is 27.5 Å². The number of hydrogen-bond acceptors (Lipinski definition) is 3. The standard InChI is InChI=1S/C16H12ClF4NO2S/c1-15(24,16(19,20)21)14(23)22-12-7-6-9(8-10(12)17)25-13-5-3-2-4-11(13)18/h2-8,24H,1H3,(H,22,23)/t15-/m1/s1. The summed E-state index contributed by atoms with van der Waals surface area (Å²) in [5.41, 5.74) is -3.66. The third-order valence-corrected chi connectivity index (χ3v) is 4.60. The quantitative estimate of drug-likeness (QED) is 0.728. The minimum Gasteiger partial charge on any atom is -0.373 e. The van der Waals surface area contributed by atoms with Crippen LogP contribution in [0.3, 0.4) is 0 Å². The molecule has 0 unspecified atom stereocenters. The van der Waals surface area contributed by atoms with Crippen molar-refractivity contribution < 1.29 is 27.5 Å². The number of amides is 1. The highest BCUT2D eigenvalue weighted by atomic mass is 35.5. The van der Waals surface area contributed by atoms with Crippen molar-refractivity contribution in [2.45, 2.75) is 28.5 Å². The summed E-state index contributed by atoms with van der Waals surface area (Å²) in [6, 6.07) is 10.1. The van der Waals surface area contributed by atoms with E-state index in [1.807, 2.05) is 5.32 Å². The second kappa shape index (κ2) is 7.23. The van der Waals surface area contributed by atoms with Crippen molar-refractivity contribution in [3.63, 3.8) is 0 Å². The molecule has 2 aromatic rings. The van der Waals surface area contributed by atoms with Crippen LogP contribution in [-0.2, 0) is 4.79 Å². The Bertz CT molecular complexity index is 796. The number of carbonyl (C=O) groups excluding carboxylic acids is 1. The van der Waals surface area contributed by atoms with Crippen LogP contribution in [-0.4, -0.2) is 22.8 Å². The van der Waals surface area contributed by atoms with Crippen LogP contribution < -0.4 is 5.32 Å². The maximum absolute atomic E-state index is 13.6. The molecule has 0 spiro atoms. The van der Waals surface area contributed by atoms with Gasteiger partial charge < -0.3 is 10.4 Å². The third-order valence-electron chi connectivity index (χ3n) is 3.25.